The lowest BCUT2D eigenvalue weighted by molar-refractivity contribution is 0.0688. The summed E-state index contributed by atoms with van der Waals surface area (Å²) >= 11 is 0. The van der Waals surface area contributed by atoms with Crippen molar-refractivity contribution < 1.29 is 14.6 Å². The number of likely N-dealkylation sites (tertiary alicyclic amines) is 1. The molecule has 1 aromatic carbocycles. The normalized spacial score (nSPS) is 20.2. The summed E-state index contributed by atoms with van der Waals surface area (Å²) in [5.74, 6) is -0.0957. The fraction of sp³-hybridized carbons (Fsp3) is 0.435. The second-order valence-corrected chi connectivity index (χ2v) is 8.41. The summed E-state index contributed by atoms with van der Waals surface area (Å²) in [6.45, 7) is 1.89. The van der Waals surface area contributed by atoms with E-state index in [9.17, 15) is 9.90 Å². The zero-order valence-corrected chi connectivity index (χ0v) is 17.1. The minimum Gasteiger partial charge on any atom is -0.488 e. The van der Waals surface area contributed by atoms with Gasteiger partial charge in [0.15, 0.2) is 11.3 Å². The quantitative estimate of drug-likeness (QED) is 0.693. The molecular formula is C23H26N4O3. The van der Waals surface area contributed by atoms with Gasteiger partial charge in [0.05, 0.1) is 16.8 Å². The highest BCUT2D eigenvalue weighted by molar-refractivity contribution is 5.94. The number of aromatic nitrogens is 3. The van der Waals surface area contributed by atoms with Gasteiger partial charge in [-0.15, -0.1) is 0 Å². The number of para-hydroxylation sites is 1. The fourth-order valence-corrected chi connectivity index (χ4v) is 4.42. The summed E-state index contributed by atoms with van der Waals surface area (Å²) in [7, 11) is 2.09. The lowest BCUT2D eigenvalue weighted by Gasteiger charge is -2.30. The van der Waals surface area contributed by atoms with E-state index >= 15 is 0 Å². The first-order chi connectivity index (χ1) is 14.6. The third-order valence-corrected chi connectivity index (χ3v) is 6.22. The number of rotatable bonds is 5. The molecule has 5 rings (SSSR count). The van der Waals surface area contributed by atoms with Crippen LogP contribution in [0.3, 0.4) is 0 Å². The van der Waals surface area contributed by atoms with Crippen LogP contribution in [0.4, 0.5) is 0 Å². The molecule has 1 N–H and O–H groups in total. The number of carbonyl (C=O) groups is 1. The average Bonchev–Trinajstić information content (AvgIpc) is 3.07. The molecule has 2 aromatic heterocycles. The third kappa shape index (κ3) is 3.43. The maximum absolute atomic E-state index is 11.8. The maximum Gasteiger partial charge on any atom is 0.354 e. The number of benzene rings is 1. The monoisotopic (exact) mass is 406 g/mol. The van der Waals surface area contributed by atoms with E-state index in [0.29, 0.717) is 17.3 Å². The molecule has 0 radical (unpaired) electrons. The highest BCUT2D eigenvalue weighted by Gasteiger charge is 2.30. The highest BCUT2D eigenvalue weighted by Crippen LogP contribution is 2.42. The van der Waals surface area contributed by atoms with Gasteiger partial charge >= 0.3 is 5.97 Å². The molecule has 30 heavy (non-hydrogen) atoms. The number of carboxylic acids is 1. The van der Waals surface area contributed by atoms with Crippen LogP contribution in [0.1, 0.15) is 54.2 Å². The number of likely N-dealkylation sites (N-methyl/N-ethyl adjacent to an activating group) is 1. The van der Waals surface area contributed by atoms with Crippen LogP contribution in [0.5, 0.6) is 5.75 Å². The Kier molecular flexibility index (Phi) is 4.90. The molecule has 0 unspecified atom stereocenters. The molecule has 3 aromatic rings. The molecule has 7 nitrogen and oxygen atoms in total. The Labute approximate surface area is 175 Å². The lowest BCUT2D eigenvalue weighted by Crippen LogP contribution is -2.38. The number of hydrogen-bond acceptors (Lipinski definition) is 5. The molecule has 1 saturated heterocycles. The van der Waals surface area contributed by atoms with E-state index in [1.807, 2.05) is 30.3 Å². The SMILES string of the molecule is CN1CCC[C@@H](Oc2cc(C(=O)O)nc3c2c(C2CCC2)nn3-c2ccccc2)C1. The van der Waals surface area contributed by atoms with Crippen molar-refractivity contribution in [2.75, 3.05) is 20.1 Å². The average molecular weight is 406 g/mol. The minimum atomic E-state index is -1.06. The van der Waals surface area contributed by atoms with Gasteiger partial charge in [0.25, 0.3) is 0 Å². The van der Waals surface area contributed by atoms with Gasteiger partial charge in [-0.1, -0.05) is 24.6 Å². The molecule has 1 aliphatic carbocycles. The van der Waals surface area contributed by atoms with Crippen LogP contribution in [0.25, 0.3) is 16.7 Å². The topological polar surface area (TPSA) is 80.5 Å². The number of piperidine rings is 1. The second kappa shape index (κ2) is 7.72. The van der Waals surface area contributed by atoms with Crippen LogP contribution in [-0.2, 0) is 0 Å². The number of ether oxygens (including phenoxy) is 1. The largest absolute Gasteiger partial charge is 0.488 e. The Morgan fingerprint density at radius 2 is 1.97 bits per heavy atom. The smallest absolute Gasteiger partial charge is 0.354 e. The summed E-state index contributed by atoms with van der Waals surface area (Å²) in [4.78, 5) is 18.6. The molecule has 156 valence electrons. The van der Waals surface area contributed by atoms with Crippen molar-refractivity contribution in [3.63, 3.8) is 0 Å². The van der Waals surface area contributed by atoms with E-state index in [-0.39, 0.29) is 11.8 Å². The molecule has 2 fully saturated rings. The van der Waals surface area contributed by atoms with Crippen LogP contribution in [0.2, 0.25) is 0 Å². The van der Waals surface area contributed by atoms with Gasteiger partial charge < -0.3 is 14.7 Å². The first-order valence-electron chi connectivity index (χ1n) is 10.7. The van der Waals surface area contributed by atoms with Gasteiger partial charge in [-0.25, -0.2) is 14.5 Å². The van der Waals surface area contributed by atoms with Crippen molar-refractivity contribution in [1.29, 1.82) is 0 Å². The molecule has 1 aliphatic heterocycles. The number of pyridine rings is 1. The van der Waals surface area contributed by atoms with E-state index in [1.165, 1.54) is 6.42 Å². The summed E-state index contributed by atoms with van der Waals surface area (Å²) < 4.78 is 8.21. The van der Waals surface area contributed by atoms with Gasteiger partial charge in [0.1, 0.15) is 11.9 Å². The van der Waals surface area contributed by atoms with E-state index in [1.54, 1.807) is 10.7 Å². The second-order valence-electron chi connectivity index (χ2n) is 8.41. The molecule has 0 spiro atoms. The van der Waals surface area contributed by atoms with Crippen molar-refractivity contribution in [3.05, 3.63) is 47.8 Å². The van der Waals surface area contributed by atoms with Crippen molar-refractivity contribution in [2.45, 2.75) is 44.1 Å². The number of carboxylic acid groups (broad SMARTS) is 1. The number of nitrogens with zero attached hydrogens (tertiary/aromatic N) is 4. The third-order valence-electron chi connectivity index (χ3n) is 6.22. The van der Waals surface area contributed by atoms with Crippen LogP contribution in [0, 0.1) is 0 Å². The summed E-state index contributed by atoms with van der Waals surface area (Å²) in [6.07, 6.45) is 5.43. The molecular weight excluding hydrogens is 380 g/mol. The summed E-state index contributed by atoms with van der Waals surface area (Å²) in [5.41, 5.74) is 2.39. The van der Waals surface area contributed by atoms with Gasteiger partial charge in [-0.3, -0.25) is 0 Å². The highest BCUT2D eigenvalue weighted by atomic mass is 16.5. The van der Waals surface area contributed by atoms with Crippen LogP contribution in [-0.4, -0.2) is 57.0 Å². The summed E-state index contributed by atoms with van der Waals surface area (Å²) in [6, 6.07) is 11.3. The van der Waals surface area contributed by atoms with E-state index in [4.69, 9.17) is 9.84 Å². The molecule has 0 amide bonds. The number of hydrogen-bond donors (Lipinski definition) is 1. The Morgan fingerprint density at radius 3 is 2.63 bits per heavy atom. The predicted octanol–water partition coefficient (Wildman–Crippen LogP) is 3.86. The van der Waals surface area contributed by atoms with E-state index in [0.717, 1.165) is 55.5 Å². The molecule has 1 atom stereocenters. The Hall–Kier alpha value is -2.93. The van der Waals surface area contributed by atoms with Crippen molar-refractivity contribution in [1.82, 2.24) is 19.7 Å². The van der Waals surface area contributed by atoms with Gasteiger partial charge in [-0.05, 0) is 51.4 Å². The first kappa shape index (κ1) is 19.1. The van der Waals surface area contributed by atoms with Crippen LogP contribution >= 0.6 is 0 Å². The molecule has 0 bridgehead atoms. The molecule has 1 saturated carbocycles. The van der Waals surface area contributed by atoms with Crippen molar-refractivity contribution in [2.24, 2.45) is 0 Å². The van der Waals surface area contributed by atoms with Gasteiger partial charge in [-0.2, -0.15) is 5.10 Å². The predicted molar refractivity (Wildman–Crippen MR) is 114 cm³/mol. The van der Waals surface area contributed by atoms with Crippen molar-refractivity contribution in [3.8, 4) is 11.4 Å². The number of aromatic carboxylic acids is 1. The Bertz CT molecular complexity index is 1070. The molecule has 2 aliphatic rings. The minimum absolute atomic E-state index is 0.0149. The summed E-state index contributed by atoms with van der Waals surface area (Å²) in [5, 5.41) is 15.5. The zero-order valence-electron chi connectivity index (χ0n) is 17.1. The fourth-order valence-electron chi connectivity index (χ4n) is 4.42. The standard InChI is InChI=1S/C23H26N4O3/c1-26-12-6-11-17(14-26)30-19-13-18(23(28)29)24-22-20(19)21(15-7-5-8-15)25-27(22)16-9-3-2-4-10-16/h2-4,9-10,13,15,17H,5-8,11-12,14H2,1H3,(H,28,29)/t17-/m1/s1. The molecule has 7 heteroatoms. The van der Waals surface area contributed by atoms with E-state index in [2.05, 4.69) is 16.9 Å². The number of fused-ring (bicyclic) bond motifs is 1. The lowest BCUT2D eigenvalue weighted by atomic mass is 9.82. The Balaban J connectivity index is 1.69. The van der Waals surface area contributed by atoms with Gasteiger partial charge in [0.2, 0.25) is 0 Å². The van der Waals surface area contributed by atoms with Gasteiger partial charge in [0, 0.05) is 18.5 Å². The van der Waals surface area contributed by atoms with Crippen LogP contribution in [0.15, 0.2) is 36.4 Å². The molecule has 3 heterocycles. The van der Waals surface area contributed by atoms with Crippen LogP contribution < -0.4 is 4.74 Å². The first-order valence-corrected chi connectivity index (χ1v) is 10.7. The Morgan fingerprint density at radius 1 is 1.17 bits per heavy atom. The van der Waals surface area contributed by atoms with E-state index < -0.39 is 5.97 Å². The maximum atomic E-state index is 11.8. The van der Waals surface area contributed by atoms with Crippen molar-refractivity contribution >= 4 is 17.0 Å². The zero-order chi connectivity index (χ0) is 20.7.